The van der Waals surface area contributed by atoms with Gasteiger partial charge in [0.1, 0.15) is 17.0 Å². The van der Waals surface area contributed by atoms with Crippen molar-refractivity contribution in [1.82, 2.24) is 14.9 Å². The molecule has 2 aliphatic rings. The van der Waals surface area contributed by atoms with Crippen molar-refractivity contribution in [3.63, 3.8) is 0 Å². The molecule has 0 bridgehead atoms. The van der Waals surface area contributed by atoms with E-state index in [4.69, 9.17) is 4.74 Å². The molecule has 3 heterocycles. The third-order valence-electron chi connectivity index (χ3n) is 5.50. The Balaban J connectivity index is 1.56. The van der Waals surface area contributed by atoms with Crippen LogP contribution in [0.2, 0.25) is 0 Å². The van der Waals surface area contributed by atoms with Crippen molar-refractivity contribution in [1.29, 1.82) is 0 Å². The number of morpholine rings is 1. The number of hydrogen-bond donors (Lipinski definition) is 1. The van der Waals surface area contributed by atoms with E-state index in [-0.39, 0.29) is 5.54 Å². The maximum atomic E-state index is 5.58. The molecule has 6 heteroatoms. The van der Waals surface area contributed by atoms with Gasteiger partial charge in [0.15, 0.2) is 0 Å². The molecule has 1 aliphatic carbocycles. The van der Waals surface area contributed by atoms with Crippen molar-refractivity contribution in [2.75, 3.05) is 38.2 Å². The lowest BCUT2D eigenvalue weighted by molar-refractivity contribution is -0.0318. The van der Waals surface area contributed by atoms with Crippen molar-refractivity contribution in [2.45, 2.75) is 44.6 Å². The second-order valence-electron chi connectivity index (χ2n) is 7.04. The van der Waals surface area contributed by atoms with Gasteiger partial charge in [-0.2, -0.15) is 0 Å². The average Bonchev–Trinajstić information content (AvgIpc) is 3.02. The summed E-state index contributed by atoms with van der Waals surface area (Å²) in [4.78, 5) is 14.0. The lowest BCUT2D eigenvalue weighted by Crippen LogP contribution is -2.58. The van der Waals surface area contributed by atoms with Crippen LogP contribution in [-0.4, -0.2) is 53.3 Å². The third-order valence-corrected chi connectivity index (χ3v) is 6.46. The molecule has 0 spiro atoms. The van der Waals surface area contributed by atoms with Gasteiger partial charge < -0.3 is 10.1 Å². The number of anilines is 1. The molecule has 2 aromatic rings. The van der Waals surface area contributed by atoms with Gasteiger partial charge in [-0.25, -0.2) is 9.97 Å². The molecule has 1 saturated carbocycles. The van der Waals surface area contributed by atoms with Gasteiger partial charge in [-0.05, 0) is 25.8 Å². The van der Waals surface area contributed by atoms with E-state index >= 15 is 0 Å². The summed E-state index contributed by atoms with van der Waals surface area (Å²) in [5, 5.41) is 4.84. The highest BCUT2D eigenvalue weighted by Crippen LogP contribution is 2.35. The van der Waals surface area contributed by atoms with Crippen LogP contribution in [-0.2, 0) is 4.74 Å². The van der Waals surface area contributed by atoms with Crippen molar-refractivity contribution >= 4 is 27.4 Å². The van der Waals surface area contributed by atoms with E-state index in [0.29, 0.717) is 0 Å². The van der Waals surface area contributed by atoms with Crippen LogP contribution in [0.15, 0.2) is 12.4 Å². The zero-order chi connectivity index (χ0) is 16.4. The highest BCUT2D eigenvalue weighted by Gasteiger charge is 2.38. The summed E-state index contributed by atoms with van der Waals surface area (Å²) >= 11 is 1.74. The molecule has 2 fully saturated rings. The fourth-order valence-electron chi connectivity index (χ4n) is 4.22. The molecular formula is C18H26N4OS. The quantitative estimate of drug-likeness (QED) is 0.919. The summed E-state index contributed by atoms with van der Waals surface area (Å²) in [6.45, 7) is 6.93. The van der Waals surface area contributed by atoms with Gasteiger partial charge in [-0.15, -0.1) is 11.3 Å². The summed E-state index contributed by atoms with van der Waals surface area (Å²) in [6.07, 6.45) is 8.26. The average molecular weight is 346 g/mol. The minimum atomic E-state index is 0.254. The second kappa shape index (κ2) is 6.94. The first-order chi connectivity index (χ1) is 11.8. The van der Waals surface area contributed by atoms with Crippen molar-refractivity contribution in [2.24, 2.45) is 0 Å². The molecular weight excluding hydrogens is 320 g/mol. The fourth-order valence-corrected chi connectivity index (χ4v) is 5.06. The molecule has 2 aromatic heterocycles. The number of fused-ring (bicyclic) bond motifs is 1. The predicted molar refractivity (Wildman–Crippen MR) is 98.8 cm³/mol. The van der Waals surface area contributed by atoms with E-state index in [2.05, 4.69) is 33.2 Å². The number of rotatable bonds is 4. The smallest absolute Gasteiger partial charge is 0.138 e. The molecule has 0 unspecified atom stereocenters. The standard InChI is InChI=1S/C18H26N4OS/c1-14-11-15-16(20-13-21-17(15)24-14)19-12-18(5-3-2-4-6-18)22-7-9-23-10-8-22/h11,13H,2-10,12H2,1H3,(H,19,20,21). The van der Waals surface area contributed by atoms with Crippen LogP contribution >= 0.6 is 11.3 Å². The van der Waals surface area contributed by atoms with Crippen LogP contribution in [0.5, 0.6) is 0 Å². The molecule has 0 amide bonds. The Bertz CT molecular complexity index is 689. The molecule has 0 aromatic carbocycles. The number of nitrogens with zero attached hydrogens (tertiary/aromatic N) is 3. The lowest BCUT2D eigenvalue weighted by Gasteiger charge is -2.48. The topological polar surface area (TPSA) is 50.3 Å². The number of thiophene rings is 1. The van der Waals surface area contributed by atoms with Gasteiger partial charge in [-0.3, -0.25) is 4.90 Å². The van der Waals surface area contributed by atoms with Crippen LogP contribution in [0, 0.1) is 6.92 Å². The highest BCUT2D eigenvalue weighted by atomic mass is 32.1. The normalized spacial score (nSPS) is 21.9. The molecule has 1 saturated heterocycles. The Morgan fingerprint density at radius 2 is 2.00 bits per heavy atom. The summed E-state index contributed by atoms with van der Waals surface area (Å²) in [7, 11) is 0. The Kier molecular flexibility index (Phi) is 4.70. The first-order valence-corrected chi connectivity index (χ1v) is 9.86. The minimum absolute atomic E-state index is 0.254. The van der Waals surface area contributed by atoms with Gasteiger partial charge in [0.25, 0.3) is 0 Å². The number of aryl methyl sites for hydroxylation is 1. The molecule has 5 nitrogen and oxygen atoms in total. The van der Waals surface area contributed by atoms with E-state index in [9.17, 15) is 0 Å². The van der Waals surface area contributed by atoms with Gasteiger partial charge in [0.2, 0.25) is 0 Å². The number of hydrogen-bond acceptors (Lipinski definition) is 6. The maximum Gasteiger partial charge on any atom is 0.138 e. The monoisotopic (exact) mass is 346 g/mol. The summed E-state index contributed by atoms with van der Waals surface area (Å²) in [6, 6.07) is 2.20. The highest BCUT2D eigenvalue weighted by molar-refractivity contribution is 7.18. The molecule has 1 aliphatic heterocycles. The first kappa shape index (κ1) is 16.2. The number of ether oxygens (including phenoxy) is 1. The lowest BCUT2D eigenvalue weighted by atomic mass is 9.79. The predicted octanol–water partition coefficient (Wildman–Crippen LogP) is 3.45. The molecule has 130 valence electrons. The van der Waals surface area contributed by atoms with Crippen molar-refractivity contribution < 1.29 is 4.74 Å². The van der Waals surface area contributed by atoms with E-state index in [0.717, 1.165) is 48.9 Å². The van der Waals surface area contributed by atoms with Gasteiger partial charge in [0.05, 0.1) is 18.6 Å². The maximum absolute atomic E-state index is 5.58. The Hall–Kier alpha value is -1.24. The number of nitrogens with one attached hydrogen (secondary N) is 1. The van der Waals surface area contributed by atoms with Crippen LogP contribution in [0.3, 0.4) is 0 Å². The zero-order valence-corrected chi connectivity index (χ0v) is 15.2. The number of aromatic nitrogens is 2. The van der Waals surface area contributed by atoms with Crippen molar-refractivity contribution in [3.05, 3.63) is 17.3 Å². The molecule has 4 rings (SSSR count). The summed E-state index contributed by atoms with van der Waals surface area (Å²) in [5.74, 6) is 0.988. The zero-order valence-electron chi connectivity index (χ0n) is 14.4. The van der Waals surface area contributed by atoms with Crippen molar-refractivity contribution in [3.8, 4) is 0 Å². The molecule has 24 heavy (non-hydrogen) atoms. The minimum Gasteiger partial charge on any atom is -0.379 e. The second-order valence-corrected chi connectivity index (χ2v) is 8.27. The molecule has 0 atom stereocenters. The van der Waals surface area contributed by atoms with Crippen LogP contribution in [0.4, 0.5) is 5.82 Å². The fraction of sp³-hybridized carbons (Fsp3) is 0.667. The first-order valence-electron chi connectivity index (χ1n) is 9.05. The summed E-state index contributed by atoms with van der Waals surface area (Å²) < 4.78 is 5.58. The Labute approximate surface area is 147 Å². The van der Waals surface area contributed by atoms with E-state index in [1.165, 1.54) is 37.0 Å². The third kappa shape index (κ3) is 3.15. The SMILES string of the molecule is Cc1cc2c(NCC3(N4CCOCC4)CCCCC3)ncnc2s1. The molecule has 0 radical (unpaired) electrons. The van der Waals surface area contributed by atoms with Gasteiger partial charge >= 0.3 is 0 Å². The Morgan fingerprint density at radius 1 is 1.21 bits per heavy atom. The summed E-state index contributed by atoms with van der Waals surface area (Å²) in [5.41, 5.74) is 0.254. The molecule has 1 N–H and O–H groups in total. The van der Waals surface area contributed by atoms with Crippen LogP contribution in [0.25, 0.3) is 10.2 Å². The van der Waals surface area contributed by atoms with E-state index < -0.39 is 0 Å². The van der Waals surface area contributed by atoms with E-state index in [1.54, 1.807) is 17.7 Å². The van der Waals surface area contributed by atoms with Crippen LogP contribution in [0.1, 0.15) is 37.0 Å². The van der Waals surface area contributed by atoms with Gasteiger partial charge in [0, 0.05) is 30.1 Å². The largest absolute Gasteiger partial charge is 0.379 e. The van der Waals surface area contributed by atoms with Crippen LogP contribution < -0.4 is 5.32 Å². The van der Waals surface area contributed by atoms with E-state index in [1.807, 2.05) is 0 Å². The van der Waals surface area contributed by atoms with Gasteiger partial charge in [-0.1, -0.05) is 19.3 Å². The Morgan fingerprint density at radius 3 is 2.79 bits per heavy atom.